The molecule has 0 radical (unpaired) electrons. The molecule has 0 aromatic heterocycles. The summed E-state index contributed by atoms with van der Waals surface area (Å²) in [6.07, 6.45) is 4.97. The van der Waals surface area contributed by atoms with Crippen LogP contribution in [-0.4, -0.2) is 62.4 Å². The third-order valence-electron chi connectivity index (χ3n) is 6.92. The van der Waals surface area contributed by atoms with Crippen LogP contribution in [0.5, 0.6) is 0 Å². The number of aliphatic imine (C=N–C) groups is 1. The fourth-order valence-corrected chi connectivity index (χ4v) is 7.03. The Bertz CT molecular complexity index is 948. The zero-order valence-corrected chi connectivity index (χ0v) is 23.1. The highest BCUT2D eigenvalue weighted by atomic mass is 32.2. The molecule has 2 saturated heterocycles. The van der Waals surface area contributed by atoms with Crippen LogP contribution >= 0.6 is 11.8 Å². The van der Waals surface area contributed by atoms with Crippen molar-refractivity contribution < 1.29 is 13.0 Å². The van der Waals surface area contributed by atoms with Gasteiger partial charge in [-0.15, -0.1) is 0 Å². The van der Waals surface area contributed by atoms with Crippen LogP contribution in [0.2, 0.25) is 0 Å². The lowest BCUT2D eigenvalue weighted by molar-refractivity contribution is 0.0136. The number of amidine groups is 1. The van der Waals surface area contributed by atoms with E-state index in [4.69, 9.17) is 4.99 Å². The third kappa shape index (κ3) is 7.04. The fourth-order valence-electron chi connectivity index (χ4n) is 4.91. The number of rotatable bonds is 5. The number of hydrogen-bond acceptors (Lipinski definition) is 3. The van der Waals surface area contributed by atoms with Crippen molar-refractivity contribution in [2.45, 2.75) is 64.3 Å². The number of alkyl halides is 1. The Morgan fingerprint density at radius 1 is 1.20 bits per heavy atom. The summed E-state index contributed by atoms with van der Waals surface area (Å²) in [6, 6.07) is 8.46. The van der Waals surface area contributed by atoms with Crippen molar-refractivity contribution in [3.8, 4) is 0 Å². The van der Waals surface area contributed by atoms with Gasteiger partial charge in [0.05, 0.1) is 0 Å². The minimum atomic E-state index is -1.43. The molecule has 2 aliphatic heterocycles. The lowest BCUT2D eigenvalue weighted by atomic mass is 9.73. The van der Waals surface area contributed by atoms with Gasteiger partial charge in [0.15, 0.2) is 5.17 Å². The summed E-state index contributed by atoms with van der Waals surface area (Å²) < 4.78 is 42.3. The highest BCUT2D eigenvalue weighted by Crippen LogP contribution is 2.42. The number of allylic oxidation sites excluding steroid dienone is 2. The lowest BCUT2D eigenvalue weighted by Crippen LogP contribution is -2.61. The molecule has 0 amide bonds. The molecular formula is C27H39F2N3OS2. The van der Waals surface area contributed by atoms with Gasteiger partial charge in [0, 0.05) is 43.7 Å². The van der Waals surface area contributed by atoms with Crippen LogP contribution in [0.1, 0.15) is 50.7 Å². The van der Waals surface area contributed by atoms with Gasteiger partial charge in [0.1, 0.15) is 28.2 Å². The maximum Gasteiger partial charge on any atom is 0.163 e. The van der Waals surface area contributed by atoms with E-state index in [9.17, 15) is 13.0 Å². The second-order valence-electron chi connectivity index (χ2n) is 9.52. The number of likely N-dealkylation sites (tertiary alicyclic amines) is 1. The molecular weight excluding hydrogens is 484 g/mol. The first-order valence-corrected chi connectivity index (χ1v) is 15.0. The van der Waals surface area contributed by atoms with E-state index < -0.39 is 28.2 Å². The van der Waals surface area contributed by atoms with Crippen molar-refractivity contribution in [1.82, 2.24) is 9.21 Å². The summed E-state index contributed by atoms with van der Waals surface area (Å²) in [6.45, 7) is 13.5. The maximum atomic E-state index is 14.1. The van der Waals surface area contributed by atoms with E-state index in [-0.39, 0.29) is 11.8 Å². The first-order valence-electron chi connectivity index (χ1n) is 12.6. The number of hydrogen-bond donors (Lipinski definition) is 0. The van der Waals surface area contributed by atoms with E-state index in [1.165, 1.54) is 11.1 Å². The van der Waals surface area contributed by atoms with E-state index in [1.54, 1.807) is 11.8 Å². The molecule has 3 unspecified atom stereocenters. The average molecular weight is 524 g/mol. The van der Waals surface area contributed by atoms with Crippen LogP contribution in [-0.2, 0) is 17.4 Å². The van der Waals surface area contributed by atoms with Gasteiger partial charge in [-0.3, -0.25) is 0 Å². The maximum absolute atomic E-state index is 14.1. The number of halogens is 2. The predicted octanol–water partition coefficient (Wildman–Crippen LogP) is 6.21. The summed E-state index contributed by atoms with van der Waals surface area (Å²) >= 11 is 1.64. The van der Waals surface area contributed by atoms with Crippen molar-refractivity contribution in [3.05, 3.63) is 59.6 Å². The monoisotopic (exact) mass is 523 g/mol. The van der Waals surface area contributed by atoms with E-state index in [0.29, 0.717) is 19.5 Å². The van der Waals surface area contributed by atoms with E-state index in [0.717, 1.165) is 49.3 Å². The van der Waals surface area contributed by atoms with Crippen LogP contribution < -0.4 is 0 Å². The van der Waals surface area contributed by atoms with Crippen molar-refractivity contribution in [3.63, 3.8) is 0 Å². The van der Waals surface area contributed by atoms with Crippen LogP contribution in [0.4, 0.5) is 8.78 Å². The molecule has 194 valence electrons. The smallest absolute Gasteiger partial charge is 0.163 e. The predicted molar refractivity (Wildman–Crippen MR) is 146 cm³/mol. The lowest BCUT2D eigenvalue weighted by Gasteiger charge is -2.54. The van der Waals surface area contributed by atoms with E-state index >= 15 is 0 Å². The quantitative estimate of drug-likeness (QED) is 0.340. The molecule has 0 N–H and O–H groups in total. The molecule has 3 aliphatic rings. The molecule has 0 bridgehead atoms. The second-order valence-corrected chi connectivity index (χ2v) is 11.9. The summed E-state index contributed by atoms with van der Waals surface area (Å²) in [7, 11) is -1.43. The van der Waals surface area contributed by atoms with Crippen molar-refractivity contribution in [1.29, 1.82) is 0 Å². The van der Waals surface area contributed by atoms with Gasteiger partial charge >= 0.3 is 0 Å². The van der Waals surface area contributed by atoms with Crippen LogP contribution in [0.3, 0.4) is 0 Å². The van der Waals surface area contributed by atoms with Gasteiger partial charge in [-0.05, 0) is 50.5 Å². The molecule has 35 heavy (non-hydrogen) atoms. The fraction of sp³-hybridized carbons (Fsp3) is 0.593. The largest absolute Gasteiger partial charge is 0.350 e. The molecule has 2 fully saturated rings. The molecule has 2 heterocycles. The second kappa shape index (κ2) is 12.6. The van der Waals surface area contributed by atoms with Gasteiger partial charge in [-0.2, -0.15) is 0 Å². The molecule has 8 heteroatoms. The Morgan fingerprint density at radius 2 is 1.83 bits per heavy atom. The Balaban J connectivity index is 0.00000167. The number of piperidine rings is 1. The van der Waals surface area contributed by atoms with E-state index in [2.05, 4.69) is 42.7 Å². The van der Waals surface area contributed by atoms with Crippen molar-refractivity contribution >= 4 is 27.9 Å². The number of thioether (sulfide) groups is 1. The average Bonchev–Trinajstić information content (AvgIpc) is 2.83. The van der Waals surface area contributed by atoms with Crippen molar-refractivity contribution in [2.24, 2.45) is 10.4 Å². The Kier molecular flexibility index (Phi) is 10.1. The Hall–Kier alpha value is -1.51. The summed E-state index contributed by atoms with van der Waals surface area (Å²) in [5.41, 5.74) is 3.52. The van der Waals surface area contributed by atoms with Gasteiger partial charge < -0.3 is 4.90 Å². The molecule has 1 aliphatic carbocycles. The first kappa shape index (κ1) is 28.1. The molecule has 0 saturated carbocycles. The third-order valence-corrected chi connectivity index (χ3v) is 9.46. The topological polar surface area (TPSA) is 35.9 Å². The van der Waals surface area contributed by atoms with Gasteiger partial charge in [0.25, 0.3) is 0 Å². The summed E-state index contributed by atoms with van der Waals surface area (Å²) in [5, 5.41) is 0.317. The van der Waals surface area contributed by atoms with E-state index in [1.807, 2.05) is 24.4 Å². The zero-order chi connectivity index (χ0) is 25.6. The first-order chi connectivity index (χ1) is 16.8. The normalized spacial score (nSPS) is 25.3. The van der Waals surface area contributed by atoms with Crippen molar-refractivity contribution in [2.75, 3.05) is 32.4 Å². The molecule has 1 spiro atoms. The minimum absolute atomic E-state index is 0.209. The van der Waals surface area contributed by atoms with Crippen LogP contribution in [0.15, 0.2) is 53.4 Å². The van der Waals surface area contributed by atoms with Gasteiger partial charge in [0.2, 0.25) is 0 Å². The number of nitrogens with zero attached hydrogens (tertiary/aromatic N) is 3. The Labute approximate surface area is 216 Å². The zero-order valence-electron chi connectivity index (χ0n) is 21.4. The molecule has 1 aromatic carbocycles. The number of aryl methyl sites for hydroxylation is 1. The molecule has 3 atom stereocenters. The SMILES string of the molecule is C=C(Cc1ccc(C)cc1)N=C(SC)N1CC2(CCN(S(=O)C3CCC(F)C=C3F)CC2)C1.CC. The highest BCUT2D eigenvalue weighted by Gasteiger charge is 2.47. The standard InChI is InChI=1S/C25H33F2N3OS2.C2H6/c1-18-4-6-20(7-5-18)14-19(2)28-24(32-3)29-16-25(17-29)10-12-30(13-11-25)33(31)23-9-8-21(26)15-22(23)27;1-2/h4-7,15,21,23H,2,8-14,16-17H2,1,3H3;1-2H3. The number of benzene rings is 1. The van der Waals surface area contributed by atoms with Gasteiger partial charge in [-0.25, -0.2) is 22.3 Å². The van der Waals surface area contributed by atoms with Gasteiger partial charge in [-0.1, -0.05) is 62.0 Å². The minimum Gasteiger partial charge on any atom is -0.350 e. The van der Waals surface area contributed by atoms with Crippen LogP contribution in [0, 0.1) is 12.3 Å². The summed E-state index contributed by atoms with van der Waals surface area (Å²) in [4.78, 5) is 7.11. The molecule has 1 aromatic rings. The van der Waals surface area contributed by atoms with Crippen LogP contribution in [0.25, 0.3) is 0 Å². The molecule has 4 rings (SSSR count). The summed E-state index contributed by atoms with van der Waals surface area (Å²) in [5.74, 6) is -0.547. The Morgan fingerprint density at radius 3 is 2.40 bits per heavy atom. The molecule has 4 nitrogen and oxygen atoms in total. The highest BCUT2D eigenvalue weighted by molar-refractivity contribution is 8.13.